The maximum Gasteiger partial charge on any atom is 0.256 e. The zero-order valence-corrected chi connectivity index (χ0v) is 16.6. The highest BCUT2D eigenvalue weighted by atomic mass is 16.7. The highest BCUT2D eigenvalue weighted by Gasteiger charge is 2.16. The number of nitrogens with one attached hydrogen (secondary N) is 1. The van der Waals surface area contributed by atoms with Crippen molar-refractivity contribution in [1.29, 1.82) is 0 Å². The number of hydrogen-bond acceptors (Lipinski definition) is 5. The fourth-order valence-electron chi connectivity index (χ4n) is 3.17. The first-order valence-electron chi connectivity index (χ1n) is 9.67. The molecule has 1 aliphatic rings. The monoisotopic (exact) mass is 403 g/mol. The van der Waals surface area contributed by atoms with E-state index >= 15 is 0 Å². The molecule has 1 N–H and O–H groups in total. The van der Waals surface area contributed by atoms with Gasteiger partial charge in [0.05, 0.1) is 18.7 Å². The lowest BCUT2D eigenvalue weighted by atomic mass is 10.0. The molecule has 0 saturated heterocycles. The van der Waals surface area contributed by atoms with Crippen molar-refractivity contribution in [3.05, 3.63) is 60.2 Å². The molecule has 1 aliphatic heterocycles. The Labute approximate surface area is 174 Å². The van der Waals surface area contributed by atoms with E-state index in [-0.39, 0.29) is 25.9 Å². The number of rotatable bonds is 6. The predicted molar refractivity (Wildman–Crippen MR) is 113 cm³/mol. The Morgan fingerprint density at radius 3 is 2.80 bits per heavy atom. The van der Waals surface area contributed by atoms with Crippen LogP contribution in [-0.4, -0.2) is 32.5 Å². The van der Waals surface area contributed by atoms with Gasteiger partial charge in [0.15, 0.2) is 11.5 Å². The van der Waals surface area contributed by atoms with Crippen molar-refractivity contribution in [3.63, 3.8) is 0 Å². The van der Waals surface area contributed by atoms with Gasteiger partial charge in [0, 0.05) is 6.07 Å². The number of amides is 1. The van der Waals surface area contributed by atoms with Gasteiger partial charge in [0.2, 0.25) is 6.79 Å². The van der Waals surface area contributed by atoms with Crippen LogP contribution in [0.2, 0.25) is 0 Å². The van der Waals surface area contributed by atoms with E-state index in [2.05, 4.69) is 17.2 Å². The van der Waals surface area contributed by atoms with Gasteiger partial charge >= 0.3 is 0 Å². The van der Waals surface area contributed by atoms with E-state index in [0.717, 1.165) is 10.8 Å². The van der Waals surface area contributed by atoms with Crippen molar-refractivity contribution in [2.75, 3.05) is 26.6 Å². The van der Waals surface area contributed by atoms with Crippen LogP contribution in [0.3, 0.4) is 0 Å². The average Bonchev–Trinajstić information content (AvgIpc) is 3.24. The van der Waals surface area contributed by atoms with Crippen LogP contribution in [0, 0.1) is 11.8 Å². The standard InChI is InChI=1S/C24H21NO5/c1-2-27-21-11-9-17-7-3-4-8-19(17)23(21)24(26)25-13-5-6-14-28-18-10-12-20-22(15-18)30-16-29-20/h3-4,7-12,15H,2,13-14,16H2,1H3,(H,25,26). The highest BCUT2D eigenvalue weighted by Crippen LogP contribution is 2.35. The number of carbonyl (C=O) groups is 1. The molecule has 152 valence electrons. The van der Waals surface area contributed by atoms with Crippen molar-refractivity contribution in [2.45, 2.75) is 6.92 Å². The largest absolute Gasteiger partial charge is 0.493 e. The smallest absolute Gasteiger partial charge is 0.256 e. The van der Waals surface area contributed by atoms with Crippen LogP contribution in [0.25, 0.3) is 10.8 Å². The summed E-state index contributed by atoms with van der Waals surface area (Å²) >= 11 is 0. The second kappa shape index (κ2) is 9.10. The van der Waals surface area contributed by atoms with E-state index in [0.29, 0.717) is 35.2 Å². The molecule has 0 aromatic heterocycles. The Balaban J connectivity index is 1.36. The maximum atomic E-state index is 12.8. The molecule has 6 heteroatoms. The molecule has 0 bridgehead atoms. The lowest BCUT2D eigenvalue weighted by Crippen LogP contribution is -2.24. The first kappa shape index (κ1) is 19.5. The Morgan fingerprint density at radius 1 is 1.03 bits per heavy atom. The molecule has 3 aromatic carbocycles. The molecule has 3 aromatic rings. The quantitative estimate of drug-likeness (QED) is 0.635. The zero-order chi connectivity index (χ0) is 20.8. The van der Waals surface area contributed by atoms with Crippen LogP contribution in [-0.2, 0) is 0 Å². The summed E-state index contributed by atoms with van der Waals surface area (Å²) < 4.78 is 21.8. The second-order valence-corrected chi connectivity index (χ2v) is 6.43. The Bertz CT molecular complexity index is 1130. The second-order valence-electron chi connectivity index (χ2n) is 6.43. The van der Waals surface area contributed by atoms with Crippen LogP contribution in [0.15, 0.2) is 54.6 Å². The van der Waals surface area contributed by atoms with Crippen LogP contribution >= 0.6 is 0 Å². The third-order valence-corrected chi connectivity index (χ3v) is 4.54. The summed E-state index contributed by atoms with van der Waals surface area (Å²) in [5.41, 5.74) is 0.522. The zero-order valence-electron chi connectivity index (χ0n) is 16.6. The van der Waals surface area contributed by atoms with Gasteiger partial charge in [0.1, 0.15) is 18.1 Å². The van der Waals surface area contributed by atoms with E-state index in [1.807, 2.05) is 43.3 Å². The predicted octanol–water partition coefficient (Wildman–Crippen LogP) is 3.78. The van der Waals surface area contributed by atoms with Crippen LogP contribution < -0.4 is 24.3 Å². The van der Waals surface area contributed by atoms with Crippen molar-refractivity contribution in [2.24, 2.45) is 0 Å². The summed E-state index contributed by atoms with van der Waals surface area (Å²) in [5.74, 6) is 8.15. The van der Waals surface area contributed by atoms with E-state index < -0.39 is 0 Å². The lowest BCUT2D eigenvalue weighted by Gasteiger charge is -2.12. The van der Waals surface area contributed by atoms with Crippen molar-refractivity contribution in [3.8, 4) is 34.8 Å². The minimum atomic E-state index is -0.221. The molecular weight excluding hydrogens is 382 g/mol. The van der Waals surface area contributed by atoms with E-state index in [1.54, 1.807) is 18.2 Å². The van der Waals surface area contributed by atoms with Crippen LogP contribution in [0.5, 0.6) is 23.0 Å². The molecule has 0 radical (unpaired) electrons. The van der Waals surface area contributed by atoms with Gasteiger partial charge in [-0.1, -0.05) is 42.2 Å². The van der Waals surface area contributed by atoms with Crippen molar-refractivity contribution in [1.82, 2.24) is 5.32 Å². The Kier molecular flexibility index (Phi) is 5.90. The number of fused-ring (bicyclic) bond motifs is 2. The minimum absolute atomic E-state index is 0.202. The summed E-state index contributed by atoms with van der Waals surface area (Å²) in [6.07, 6.45) is 0. The fraction of sp³-hybridized carbons (Fsp3) is 0.208. The first-order valence-corrected chi connectivity index (χ1v) is 9.67. The number of carbonyl (C=O) groups excluding carboxylic acids is 1. The maximum absolute atomic E-state index is 12.8. The Morgan fingerprint density at radius 2 is 1.90 bits per heavy atom. The molecule has 6 nitrogen and oxygen atoms in total. The third kappa shape index (κ3) is 4.26. The summed E-state index contributed by atoms with van der Waals surface area (Å²) in [6, 6.07) is 16.9. The SMILES string of the molecule is CCOc1ccc2ccccc2c1C(=O)NCC#CCOc1ccc2c(c1)OCO2. The van der Waals surface area contributed by atoms with E-state index in [4.69, 9.17) is 18.9 Å². The molecule has 0 fully saturated rings. The van der Waals surface area contributed by atoms with Crippen LogP contribution in [0.4, 0.5) is 0 Å². The molecule has 0 spiro atoms. The summed E-state index contributed by atoms with van der Waals surface area (Å²) in [6.45, 7) is 3.00. The average molecular weight is 403 g/mol. The fourth-order valence-corrected chi connectivity index (χ4v) is 3.17. The summed E-state index contributed by atoms with van der Waals surface area (Å²) in [5, 5.41) is 4.67. The molecule has 1 heterocycles. The molecule has 30 heavy (non-hydrogen) atoms. The molecular formula is C24H21NO5. The summed E-state index contributed by atoms with van der Waals surface area (Å²) in [7, 11) is 0. The Hall–Kier alpha value is -3.85. The van der Waals surface area contributed by atoms with Crippen LogP contribution in [0.1, 0.15) is 17.3 Å². The first-order chi connectivity index (χ1) is 14.8. The van der Waals surface area contributed by atoms with Gasteiger partial charge < -0.3 is 24.3 Å². The molecule has 1 amide bonds. The van der Waals surface area contributed by atoms with Crippen molar-refractivity contribution < 1.29 is 23.7 Å². The van der Waals surface area contributed by atoms with Gasteiger partial charge in [-0.3, -0.25) is 4.79 Å². The number of benzene rings is 3. The number of ether oxygens (including phenoxy) is 4. The van der Waals surface area contributed by atoms with E-state index in [9.17, 15) is 4.79 Å². The molecule has 4 rings (SSSR count). The summed E-state index contributed by atoms with van der Waals surface area (Å²) in [4.78, 5) is 12.8. The van der Waals surface area contributed by atoms with Gasteiger partial charge in [-0.25, -0.2) is 0 Å². The van der Waals surface area contributed by atoms with Gasteiger partial charge in [-0.15, -0.1) is 0 Å². The van der Waals surface area contributed by atoms with Gasteiger partial charge in [-0.05, 0) is 35.9 Å². The molecule has 0 saturated carbocycles. The molecule has 0 aliphatic carbocycles. The lowest BCUT2D eigenvalue weighted by molar-refractivity contribution is 0.0956. The normalized spacial score (nSPS) is 11.5. The topological polar surface area (TPSA) is 66.0 Å². The van der Waals surface area contributed by atoms with Gasteiger partial charge in [0.25, 0.3) is 5.91 Å². The third-order valence-electron chi connectivity index (χ3n) is 4.54. The highest BCUT2D eigenvalue weighted by molar-refractivity contribution is 6.09. The number of hydrogen-bond donors (Lipinski definition) is 1. The molecule has 0 unspecified atom stereocenters. The van der Waals surface area contributed by atoms with E-state index in [1.165, 1.54) is 0 Å². The molecule has 0 atom stereocenters. The van der Waals surface area contributed by atoms with Gasteiger partial charge in [-0.2, -0.15) is 0 Å². The minimum Gasteiger partial charge on any atom is -0.493 e. The van der Waals surface area contributed by atoms with Crippen molar-refractivity contribution >= 4 is 16.7 Å².